The number of nitrogens with one attached hydrogen (secondary N) is 2. The Morgan fingerprint density at radius 3 is 2.75 bits per heavy atom. The first-order valence-corrected chi connectivity index (χ1v) is 7.18. The number of anilines is 2. The van der Waals surface area contributed by atoms with Crippen molar-refractivity contribution in [2.24, 2.45) is 0 Å². The number of benzene rings is 2. The van der Waals surface area contributed by atoms with Gasteiger partial charge in [-0.3, -0.25) is 4.79 Å². The molecule has 0 spiro atoms. The Bertz CT molecular complexity index is 631. The maximum absolute atomic E-state index is 13.0. The zero-order valence-electron chi connectivity index (χ0n) is 10.9. The largest absolute Gasteiger partial charge is 0.375 e. The zero-order valence-corrected chi connectivity index (χ0v) is 13.1. The second kappa shape index (κ2) is 6.69. The number of carbonyl (C=O) groups excluding carboxylic acids is 1. The molecule has 0 atom stereocenters. The van der Waals surface area contributed by atoms with Crippen LogP contribution >= 0.6 is 22.6 Å². The summed E-state index contributed by atoms with van der Waals surface area (Å²) in [7, 11) is 0. The normalized spacial score (nSPS) is 10.2. The fourth-order valence-corrected chi connectivity index (χ4v) is 2.40. The predicted molar refractivity (Wildman–Crippen MR) is 87.4 cm³/mol. The van der Waals surface area contributed by atoms with Gasteiger partial charge in [0.2, 0.25) is 5.91 Å². The molecule has 0 radical (unpaired) electrons. The van der Waals surface area contributed by atoms with E-state index in [-0.39, 0.29) is 18.3 Å². The van der Waals surface area contributed by atoms with E-state index in [1.807, 2.05) is 53.8 Å². The minimum Gasteiger partial charge on any atom is -0.375 e. The Morgan fingerprint density at radius 1 is 1.25 bits per heavy atom. The monoisotopic (exact) mass is 384 g/mol. The number of carbonyl (C=O) groups is 1. The summed E-state index contributed by atoms with van der Waals surface area (Å²) in [5.41, 5.74) is 2.60. The molecule has 0 aliphatic carbocycles. The van der Waals surface area contributed by atoms with Crippen molar-refractivity contribution < 1.29 is 9.18 Å². The van der Waals surface area contributed by atoms with Gasteiger partial charge in [0.05, 0.1) is 6.54 Å². The standard InChI is InChI=1S/C15H14FIN2O/c1-10-3-2-4-12(7-10)19-15(20)9-18-14-6-5-11(16)8-13(14)17/h2-8,18H,9H2,1H3,(H,19,20). The molecule has 0 bridgehead atoms. The molecule has 0 saturated carbocycles. The highest BCUT2D eigenvalue weighted by atomic mass is 127. The molecule has 0 fully saturated rings. The van der Waals surface area contributed by atoms with Crippen LogP contribution in [0.5, 0.6) is 0 Å². The average molecular weight is 384 g/mol. The molecule has 104 valence electrons. The van der Waals surface area contributed by atoms with Gasteiger partial charge in [-0.15, -0.1) is 0 Å². The van der Waals surface area contributed by atoms with Crippen molar-refractivity contribution >= 4 is 39.9 Å². The third-order valence-electron chi connectivity index (χ3n) is 2.67. The first kappa shape index (κ1) is 14.8. The van der Waals surface area contributed by atoms with Crippen molar-refractivity contribution in [3.8, 4) is 0 Å². The van der Waals surface area contributed by atoms with Crippen molar-refractivity contribution in [1.82, 2.24) is 0 Å². The maximum atomic E-state index is 13.0. The van der Waals surface area contributed by atoms with Crippen molar-refractivity contribution in [3.05, 3.63) is 57.4 Å². The van der Waals surface area contributed by atoms with Gasteiger partial charge in [-0.1, -0.05) is 12.1 Å². The lowest BCUT2D eigenvalue weighted by molar-refractivity contribution is -0.114. The highest BCUT2D eigenvalue weighted by molar-refractivity contribution is 14.1. The summed E-state index contributed by atoms with van der Waals surface area (Å²) in [5, 5.41) is 5.79. The van der Waals surface area contributed by atoms with Crippen LogP contribution in [-0.2, 0) is 4.79 Å². The Hall–Kier alpha value is -1.63. The van der Waals surface area contributed by atoms with Gasteiger partial charge in [0.15, 0.2) is 0 Å². The second-order valence-corrected chi connectivity index (χ2v) is 5.56. The molecule has 0 saturated heterocycles. The van der Waals surface area contributed by atoms with Crippen molar-refractivity contribution in [2.75, 3.05) is 17.2 Å². The summed E-state index contributed by atoms with van der Waals surface area (Å²) in [6, 6.07) is 12.0. The Kier molecular flexibility index (Phi) is 4.94. The number of hydrogen-bond donors (Lipinski definition) is 2. The SMILES string of the molecule is Cc1cccc(NC(=O)CNc2ccc(F)cc2I)c1. The van der Waals surface area contributed by atoms with Gasteiger partial charge in [0, 0.05) is 14.9 Å². The lowest BCUT2D eigenvalue weighted by Gasteiger charge is -2.09. The Balaban J connectivity index is 1.92. The van der Waals surface area contributed by atoms with E-state index in [4.69, 9.17) is 0 Å². The van der Waals surface area contributed by atoms with Crippen molar-refractivity contribution in [1.29, 1.82) is 0 Å². The van der Waals surface area contributed by atoms with E-state index in [1.54, 1.807) is 6.07 Å². The smallest absolute Gasteiger partial charge is 0.243 e. The lowest BCUT2D eigenvalue weighted by Crippen LogP contribution is -2.22. The van der Waals surface area contributed by atoms with E-state index in [9.17, 15) is 9.18 Å². The van der Waals surface area contributed by atoms with Crippen molar-refractivity contribution in [2.45, 2.75) is 6.92 Å². The van der Waals surface area contributed by atoms with E-state index < -0.39 is 0 Å². The topological polar surface area (TPSA) is 41.1 Å². The molecule has 2 rings (SSSR count). The highest BCUT2D eigenvalue weighted by Gasteiger charge is 2.05. The van der Waals surface area contributed by atoms with Crippen LogP contribution in [0.4, 0.5) is 15.8 Å². The van der Waals surface area contributed by atoms with Crippen LogP contribution in [0.25, 0.3) is 0 Å². The van der Waals surface area contributed by atoms with Crippen LogP contribution in [0.15, 0.2) is 42.5 Å². The van der Waals surface area contributed by atoms with Gasteiger partial charge in [-0.25, -0.2) is 4.39 Å². The zero-order chi connectivity index (χ0) is 14.5. The fraction of sp³-hybridized carbons (Fsp3) is 0.133. The van der Waals surface area contributed by atoms with Crippen LogP contribution in [-0.4, -0.2) is 12.5 Å². The van der Waals surface area contributed by atoms with E-state index >= 15 is 0 Å². The number of hydrogen-bond acceptors (Lipinski definition) is 2. The summed E-state index contributed by atoms with van der Waals surface area (Å²) >= 11 is 2.03. The minimum atomic E-state index is -0.288. The molecule has 0 aliphatic heterocycles. The van der Waals surface area contributed by atoms with Gasteiger partial charge in [0.25, 0.3) is 0 Å². The Labute approximate surface area is 130 Å². The lowest BCUT2D eigenvalue weighted by atomic mass is 10.2. The van der Waals surface area contributed by atoms with Gasteiger partial charge in [-0.2, -0.15) is 0 Å². The molecule has 0 unspecified atom stereocenters. The maximum Gasteiger partial charge on any atom is 0.243 e. The fourth-order valence-electron chi connectivity index (χ4n) is 1.74. The molecular weight excluding hydrogens is 370 g/mol. The molecular formula is C15H14FIN2O. The summed E-state index contributed by atoms with van der Waals surface area (Å²) in [6.07, 6.45) is 0. The molecule has 5 heteroatoms. The molecule has 3 nitrogen and oxygen atoms in total. The highest BCUT2D eigenvalue weighted by Crippen LogP contribution is 2.18. The molecule has 2 aromatic rings. The first-order chi connectivity index (χ1) is 9.54. The molecule has 0 heterocycles. The van der Waals surface area contributed by atoms with Gasteiger partial charge in [0.1, 0.15) is 5.82 Å². The van der Waals surface area contributed by atoms with E-state index in [0.717, 1.165) is 20.5 Å². The van der Waals surface area contributed by atoms with Crippen molar-refractivity contribution in [3.63, 3.8) is 0 Å². The number of amides is 1. The third-order valence-corrected chi connectivity index (χ3v) is 3.56. The van der Waals surface area contributed by atoms with Crippen LogP contribution in [0, 0.1) is 16.3 Å². The predicted octanol–water partition coefficient (Wildman–Crippen LogP) is 3.79. The molecule has 0 aromatic heterocycles. The summed E-state index contributed by atoms with van der Waals surface area (Å²) < 4.78 is 13.7. The summed E-state index contributed by atoms with van der Waals surface area (Å²) in [6.45, 7) is 2.10. The summed E-state index contributed by atoms with van der Waals surface area (Å²) in [4.78, 5) is 11.8. The minimum absolute atomic E-state index is 0.134. The van der Waals surface area contributed by atoms with Gasteiger partial charge < -0.3 is 10.6 Å². The van der Waals surface area contributed by atoms with E-state index in [0.29, 0.717) is 0 Å². The molecule has 0 aliphatic rings. The third kappa shape index (κ3) is 4.19. The van der Waals surface area contributed by atoms with Crippen LogP contribution in [0.2, 0.25) is 0 Å². The van der Waals surface area contributed by atoms with Crippen LogP contribution < -0.4 is 10.6 Å². The average Bonchev–Trinajstić information content (AvgIpc) is 2.37. The van der Waals surface area contributed by atoms with Crippen LogP contribution in [0.1, 0.15) is 5.56 Å². The number of halogens is 2. The number of rotatable bonds is 4. The van der Waals surface area contributed by atoms with Crippen LogP contribution in [0.3, 0.4) is 0 Å². The van der Waals surface area contributed by atoms with E-state index in [1.165, 1.54) is 12.1 Å². The second-order valence-electron chi connectivity index (χ2n) is 4.40. The molecule has 2 N–H and O–H groups in total. The van der Waals surface area contributed by atoms with E-state index in [2.05, 4.69) is 10.6 Å². The van der Waals surface area contributed by atoms with Gasteiger partial charge in [-0.05, 0) is 65.4 Å². The molecule has 1 amide bonds. The molecule has 20 heavy (non-hydrogen) atoms. The first-order valence-electron chi connectivity index (χ1n) is 6.10. The quantitative estimate of drug-likeness (QED) is 0.788. The Morgan fingerprint density at radius 2 is 2.05 bits per heavy atom. The summed E-state index contributed by atoms with van der Waals surface area (Å²) in [5.74, 6) is -0.431. The molecule has 2 aromatic carbocycles. The van der Waals surface area contributed by atoms with Gasteiger partial charge >= 0.3 is 0 Å². The number of aryl methyl sites for hydroxylation is 1.